The normalized spacial score (nSPS) is 17.5. The molecular formula is C13H21BrN2O2S2. The molecule has 1 saturated carbocycles. The molecule has 1 fully saturated rings. The summed E-state index contributed by atoms with van der Waals surface area (Å²) in [6.45, 7) is 3.61. The molecule has 2 rings (SSSR count). The molecule has 0 radical (unpaired) electrons. The maximum absolute atomic E-state index is 12.5. The summed E-state index contributed by atoms with van der Waals surface area (Å²) in [5.41, 5.74) is 0. The summed E-state index contributed by atoms with van der Waals surface area (Å²) in [4.78, 5) is 1.41. The average molecular weight is 381 g/mol. The van der Waals surface area contributed by atoms with Crippen molar-refractivity contribution in [2.45, 2.75) is 56.5 Å². The summed E-state index contributed by atoms with van der Waals surface area (Å²) in [7, 11) is -3.41. The highest BCUT2D eigenvalue weighted by Crippen LogP contribution is 2.32. The second-order valence-corrected chi connectivity index (χ2v) is 9.22. The SMILES string of the molecule is CCNCc1cc(S(=O)(=O)NC2CCCCC2)c(Br)s1. The van der Waals surface area contributed by atoms with E-state index in [0.29, 0.717) is 15.2 Å². The van der Waals surface area contributed by atoms with Gasteiger partial charge in [0, 0.05) is 17.5 Å². The highest BCUT2D eigenvalue weighted by Gasteiger charge is 2.25. The number of sulfonamides is 1. The Morgan fingerprint density at radius 1 is 1.35 bits per heavy atom. The third-order valence-corrected chi connectivity index (χ3v) is 7.24. The molecule has 1 heterocycles. The van der Waals surface area contributed by atoms with Gasteiger partial charge in [-0.3, -0.25) is 0 Å². The minimum Gasteiger partial charge on any atom is -0.312 e. The molecule has 114 valence electrons. The third-order valence-electron chi connectivity index (χ3n) is 3.47. The molecule has 1 aromatic heterocycles. The van der Waals surface area contributed by atoms with E-state index >= 15 is 0 Å². The molecule has 2 N–H and O–H groups in total. The van der Waals surface area contributed by atoms with Crippen LogP contribution in [0.1, 0.15) is 43.9 Å². The van der Waals surface area contributed by atoms with Crippen molar-refractivity contribution in [3.8, 4) is 0 Å². The van der Waals surface area contributed by atoms with Gasteiger partial charge in [-0.25, -0.2) is 13.1 Å². The van der Waals surface area contributed by atoms with Crippen LogP contribution in [0.2, 0.25) is 0 Å². The van der Waals surface area contributed by atoms with Gasteiger partial charge in [0.05, 0.1) is 3.79 Å². The predicted molar refractivity (Wildman–Crippen MR) is 86.6 cm³/mol. The fourth-order valence-corrected chi connectivity index (χ4v) is 6.38. The van der Waals surface area contributed by atoms with Crippen LogP contribution >= 0.6 is 27.3 Å². The van der Waals surface area contributed by atoms with Crippen LogP contribution in [0.25, 0.3) is 0 Å². The number of halogens is 1. The van der Waals surface area contributed by atoms with Crippen LogP contribution in [0.15, 0.2) is 14.7 Å². The van der Waals surface area contributed by atoms with Gasteiger partial charge in [0.1, 0.15) is 4.90 Å². The van der Waals surface area contributed by atoms with Crippen LogP contribution in [-0.2, 0) is 16.6 Å². The number of nitrogens with one attached hydrogen (secondary N) is 2. The summed E-state index contributed by atoms with van der Waals surface area (Å²) in [5, 5.41) is 3.21. The first-order valence-corrected chi connectivity index (χ1v) is 10.1. The van der Waals surface area contributed by atoms with Gasteiger partial charge in [-0.1, -0.05) is 26.2 Å². The van der Waals surface area contributed by atoms with Crippen LogP contribution in [-0.4, -0.2) is 21.0 Å². The molecular weight excluding hydrogens is 360 g/mol. The van der Waals surface area contributed by atoms with E-state index in [2.05, 4.69) is 26.0 Å². The molecule has 1 aromatic rings. The molecule has 0 amide bonds. The molecule has 20 heavy (non-hydrogen) atoms. The van der Waals surface area contributed by atoms with Crippen molar-refractivity contribution in [1.29, 1.82) is 0 Å². The monoisotopic (exact) mass is 380 g/mol. The Kier molecular flexibility index (Phi) is 6.04. The Morgan fingerprint density at radius 3 is 2.70 bits per heavy atom. The van der Waals surface area contributed by atoms with Crippen molar-refractivity contribution < 1.29 is 8.42 Å². The second kappa shape index (κ2) is 7.35. The summed E-state index contributed by atoms with van der Waals surface area (Å²) >= 11 is 4.86. The number of rotatable bonds is 6. The first-order chi connectivity index (χ1) is 9.53. The number of thiophene rings is 1. The molecule has 0 unspecified atom stereocenters. The fourth-order valence-electron chi connectivity index (χ4n) is 2.42. The lowest BCUT2D eigenvalue weighted by Gasteiger charge is -2.22. The van der Waals surface area contributed by atoms with Gasteiger partial charge in [0.25, 0.3) is 0 Å². The zero-order valence-electron chi connectivity index (χ0n) is 11.6. The second-order valence-electron chi connectivity index (χ2n) is 5.09. The Balaban J connectivity index is 2.09. The van der Waals surface area contributed by atoms with Gasteiger partial charge < -0.3 is 5.32 Å². The largest absolute Gasteiger partial charge is 0.312 e. The molecule has 0 saturated heterocycles. The van der Waals surface area contributed by atoms with Gasteiger partial charge in [-0.05, 0) is 41.4 Å². The standard InChI is InChI=1S/C13H21BrN2O2S2/c1-2-15-9-11-8-12(13(14)19-11)20(17,18)16-10-6-4-3-5-7-10/h8,10,15-16H,2-7,9H2,1H3. The number of hydrogen-bond acceptors (Lipinski definition) is 4. The topological polar surface area (TPSA) is 58.2 Å². The third kappa shape index (κ3) is 4.27. The zero-order valence-corrected chi connectivity index (χ0v) is 14.8. The summed E-state index contributed by atoms with van der Waals surface area (Å²) < 4.78 is 28.4. The van der Waals surface area contributed by atoms with Crippen molar-refractivity contribution in [3.05, 3.63) is 14.7 Å². The fraction of sp³-hybridized carbons (Fsp3) is 0.692. The smallest absolute Gasteiger partial charge is 0.242 e. The molecule has 0 bridgehead atoms. The molecule has 1 aliphatic rings. The van der Waals surface area contributed by atoms with Crippen molar-refractivity contribution in [2.24, 2.45) is 0 Å². The Bertz CT molecular complexity index is 537. The van der Waals surface area contributed by atoms with Gasteiger partial charge in [0.15, 0.2) is 0 Å². The minimum absolute atomic E-state index is 0.0952. The molecule has 0 atom stereocenters. The van der Waals surface area contributed by atoms with Crippen molar-refractivity contribution >= 4 is 37.3 Å². The summed E-state index contributed by atoms with van der Waals surface area (Å²) in [6, 6.07) is 1.86. The van der Waals surface area contributed by atoms with E-state index in [4.69, 9.17) is 0 Å². The van der Waals surface area contributed by atoms with Crippen molar-refractivity contribution in [3.63, 3.8) is 0 Å². The van der Waals surface area contributed by atoms with E-state index in [0.717, 1.165) is 37.1 Å². The van der Waals surface area contributed by atoms with Crippen LogP contribution < -0.4 is 10.0 Å². The highest BCUT2D eigenvalue weighted by molar-refractivity contribution is 9.11. The van der Waals surface area contributed by atoms with Crippen molar-refractivity contribution in [2.75, 3.05) is 6.54 Å². The first-order valence-electron chi connectivity index (χ1n) is 7.04. The highest BCUT2D eigenvalue weighted by atomic mass is 79.9. The zero-order chi connectivity index (χ0) is 14.6. The molecule has 4 nitrogen and oxygen atoms in total. The van der Waals surface area contributed by atoms with Crippen LogP contribution in [0, 0.1) is 0 Å². The first kappa shape index (κ1) is 16.4. The van der Waals surface area contributed by atoms with Crippen LogP contribution in [0.3, 0.4) is 0 Å². The predicted octanol–water partition coefficient (Wildman–Crippen LogP) is 3.23. The molecule has 0 aromatic carbocycles. The maximum Gasteiger partial charge on any atom is 0.242 e. The molecule has 1 aliphatic carbocycles. The molecule has 7 heteroatoms. The quantitative estimate of drug-likeness (QED) is 0.796. The number of hydrogen-bond donors (Lipinski definition) is 2. The van der Waals surface area contributed by atoms with E-state index in [-0.39, 0.29) is 6.04 Å². The van der Waals surface area contributed by atoms with E-state index in [1.807, 2.05) is 6.92 Å². The Morgan fingerprint density at radius 2 is 2.05 bits per heavy atom. The molecule has 0 spiro atoms. The Labute approximate surface area is 133 Å². The van der Waals surface area contributed by atoms with E-state index in [1.165, 1.54) is 17.8 Å². The lowest BCUT2D eigenvalue weighted by Crippen LogP contribution is -2.36. The summed E-state index contributed by atoms with van der Waals surface area (Å²) in [6.07, 6.45) is 5.34. The molecule has 0 aliphatic heterocycles. The lowest BCUT2D eigenvalue weighted by molar-refractivity contribution is 0.412. The van der Waals surface area contributed by atoms with Gasteiger partial charge in [-0.2, -0.15) is 0 Å². The van der Waals surface area contributed by atoms with E-state index in [9.17, 15) is 8.42 Å². The van der Waals surface area contributed by atoms with Crippen LogP contribution in [0.4, 0.5) is 0 Å². The van der Waals surface area contributed by atoms with Gasteiger partial charge >= 0.3 is 0 Å². The maximum atomic E-state index is 12.5. The van der Waals surface area contributed by atoms with Crippen LogP contribution in [0.5, 0.6) is 0 Å². The van der Waals surface area contributed by atoms with Crippen molar-refractivity contribution in [1.82, 2.24) is 10.0 Å². The van der Waals surface area contributed by atoms with Gasteiger partial charge in [-0.15, -0.1) is 11.3 Å². The minimum atomic E-state index is -3.41. The lowest BCUT2D eigenvalue weighted by atomic mass is 9.96. The Hall–Kier alpha value is 0.0500. The van der Waals surface area contributed by atoms with Gasteiger partial charge in [0.2, 0.25) is 10.0 Å². The summed E-state index contributed by atoms with van der Waals surface area (Å²) in [5.74, 6) is 0. The van der Waals surface area contributed by atoms with E-state index in [1.54, 1.807) is 6.07 Å². The average Bonchev–Trinajstić information content (AvgIpc) is 2.79. The van der Waals surface area contributed by atoms with E-state index < -0.39 is 10.0 Å².